The van der Waals surface area contributed by atoms with Crippen molar-refractivity contribution in [3.05, 3.63) is 59.8 Å². The van der Waals surface area contributed by atoms with Crippen molar-refractivity contribution in [2.75, 3.05) is 24.2 Å². The fourth-order valence-corrected chi connectivity index (χ4v) is 3.77. The van der Waals surface area contributed by atoms with E-state index in [1.54, 1.807) is 30.5 Å². The Hall–Kier alpha value is -3.17. The summed E-state index contributed by atoms with van der Waals surface area (Å²) in [4.78, 5) is 16.3. The van der Waals surface area contributed by atoms with Crippen LogP contribution in [0.3, 0.4) is 0 Å². The normalized spacial score (nSPS) is 11.3. The van der Waals surface area contributed by atoms with Crippen molar-refractivity contribution in [2.45, 2.75) is 25.3 Å². The third kappa shape index (κ3) is 5.05. The third-order valence-electron chi connectivity index (χ3n) is 4.62. The molecule has 3 aromatic rings. The Morgan fingerprint density at radius 3 is 2.50 bits per heavy atom. The molecule has 1 aromatic heterocycles. The molecule has 2 amide bonds. The van der Waals surface area contributed by atoms with Crippen molar-refractivity contribution >= 4 is 38.3 Å². The first-order valence-corrected chi connectivity index (χ1v) is 11.0. The molecule has 0 bridgehead atoms. The zero-order valence-electron chi connectivity index (χ0n) is 17.1. The largest absolute Gasteiger partial charge is 0.381 e. The molecule has 0 aliphatic carbocycles. The Morgan fingerprint density at radius 1 is 1.10 bits per heavy atom. The molecule has 158 valence electrons. The van der Waals surface area contributed by atoms with E-state index in [9.17, 15) is 13.2 Å². The highest BCUT2D eigenvalue weighted by Crippen LogP contribution is 2.25. The van der Waals surface area contributed by atoms with Gasteiger partial charge in [-0.3, -0.25) is 5.32 Å². The lowest BCUT2D eigenvalue weighted by Gasteiger charge is -2.12. The predicted molar refractivity (Wildman–Crippen MR) is 119 cm³/mol. The number of hydrogen-bond acceptors (Lipinski definition) is 5. The van der Waals surface area contributed by atoms with Crippen LogP contribution in [0.5, 0.6) is 0 Å². The number of benzene rings is 2. The quantitative estimate of drug-likeness (QED) is 0.463. The van der Waals surface area contributed by atoms with Gasteiger partial charge in [0.15, 0.2) is 0 Å². The van der Waals surface area contributed by atoms with Crippen LogP contribution in [0.4, 0.5) is 16.3 Å². The van der Waals surface area contributed by atoms with Crippen LogP contribution in [0.1, 0.15) is 18.1 Å². The first-order chi connectivity index (χ1) is 14.3. The van der Waals surface area contributed by atoms with Crippen molar-refractivity contribution in [3.63, 3.8) is 0 Å². The second-order valence-corrected chi connectivity index (χ2v) is 8.66. The van der Waals surface area contributed by atoms with Gasteiger partial charge in [-0.25, -0.2) is 22.9 Å². The molecule has 9 heteroatoms. The average Bonchev–Trinajstić information content (AvgIpc) is 2.72. The molecule has 1 heterocycles. The van der Waals surface area contributed by atoms with Gasteiger partial charge in [-0.2, -0.15) is 0 Å². The Morgan fingerprint density at radius 2 is 1.83 bits per heavy atom. The molecule has 0 aliphatic rings. The molecule has 2 aromatic carbocycles. The lowest BCUT2D eigenvalue weighted by molar-refractivity contribution is 0.252. The number of sulfonamides is 1. The summed E-state index contributed by atoms with van der Waals surface area (Å²) in [7, 11) is -2.05. The van der Waals surface area contributed by atoms with Crippen molar-refractivity contribution in [2.24, 2.45) is 0 Å². The number of nitrogens with one attached hydrogen (secondary N) is 4. The van der Waals surface area contributed by atoms with Crippen LogP contribution in [-0.4, -0.2) is 33.0 Å². The van der Waals surface area contributed by atoms with Gasteiger partial charge < -0.3 is 10.6 Å². The molecular formula is C21H25N5O3S. The van der Waals surface area contributed by atoms with Gasteiger partial charge in [-0.15, -0.1) is 0 Å². The highest BCUT2D eigenvalue weighted by molar-refractivity contribution is 7.89. The minimum Gasteiger partial charge on any atom is -0.381 e. The van der Waals surface area contributed by atoms with E-state index in [0.717, 1.165) is 27.6 Å². The number of fused-ring (bicyclic) bond motifs is 1. The number of carbonyl (C=O) groups is 1. The second-order valence-electron chi connectivity index (χ2n) is 6.77. The van der Waals surface area contributed by atoms with Crippen molar-refractivity contribution < 1.29 is 13.2 Å². The number of anilines is 2. The summed E-state index contributed by atoms with van der Waals surface area (Å²) >= 11 is 0. The lowest BCUT2D eigenvalue weighted by atomic mass is 10.1. The fourth-order valence-electron chi connectivity index (χ4n) is 3.04. The van der Waals surface area contributed by atoms with E-state index in [0.29, 0.717) is 18.9 Å². The predicted octanol–water partition coefficient (Wildman–Crippen LogP) is 3.20. The SMILES string of the molecule is CCNC(=O)Nc1cc2cc(NCc3ccc(S(=O)(=O)NC)cc3)cc(C)c2cn1. The van der Waals surface area contributed by atoms with E-state index in [4.69, 9.17) is 0 Å². The van der Waals surface area contributed by atoms with Crippen molar-refractivity contribution in [1.29, 1.82) is 0 Å². The van der Waals surface area contributed by atoms with E-state index in [1.807, 2.05) is 32.0 Å². The zero-order chi connectivity index (χ0) is 21.7. The summed E-state index contributed by atoms with van der Waals surface area (Å²) in [6, 6.07) is 12.3. The highest BCUT2D eigenvalue weighted by atomic mass is 32.2. The van der Waals surface area contributed by atoms with Crippen LogP contribution in [0.2, 0.25) is 0 Å². The van der Waals surface area contributed by atoms with Crippen LogP contribution in [0.25, 0.3) is 10.8 Å². The van der Waals surface area contributed by atoms with E-state index >= 15 is 0 Å². The van der Waals surface area contributed by atoms with Gasteiger partial charge in [-0.05, 0) is 67.7 Å². The van der Waals surface area contributed by atoms with Gasteiger partial charge in [0.05, 0.1) is 4.90 Å². The van der Waals surface area contributed by atoms with Gasteiger partial charge in [0, 0.05) is 30.4 Å². The lowest BCUT2D eigenvalue weighted by Crippen LogP contribution is -2.28. The number of aromatic nitrogens is 1. The molecular weight excluding hydrogens is 402 g/mol. The fraction of sp³-hybridized carbons (Fsp3) is 0.238. The average molecular weight is 428 g/mol. The third-order valence-corrected chi connectivity index (χ3v) is 6.05. The molecule has 0 saturated heterocycles. The van der Waals surface area contributed by atoms with E-state index in [-0.39, 0.29) is 10.9 Å². The van der Waals surface area contributed by atoms with Crippen LogP contribution < -0.4 is 20.7 Å². The summed E-state index contributed by atoms with van der Waals surface area (Å²) in [6.45, 7) is 4.93. The zero-order valence-corrected chi connectivity index (χ0v) is 17.9. The van der Waals surface area contributed by atoms with E-state index in [2.05, 4.69) is 25.7 Å². The minimum absolute atomic E-state index is 0.231. The number of hydrogen-bond donors (Lipinski definition) is 4. The molecule has 0 aliphatic heterocycles. The Kier molecular flexibility index (Phi) is 6.53. The summed E-state index contributed by atoms with van der Waals surface area (Å²) in [5.74, 6) is 0.478. The topological polar surface area (TPSA) is 112 Å². The molecule has 0 radical (unpaired) electrons. The smallest absolute Gasteiger partial charge is 0.320 e. The molecule has 3 rings (SSSR count). The van der Waals surface area contributed by atoms with Crippen LogP contribution in [0.15, 0.2) is 53.6 Å². The van der Waals surface area contributed by atoms with Gasteiger partial charge in [0.25, 0.3) is 0 Å². The molecule has 0 spiro atoms. The Balaban J connectivity index is 1.76. The maximum absolute atomic E-state index is 11.8. The van der Waals surface area contributed by atoms with E-state index in [1.165, 1.54) is 7.05 Å². The van der Waals surface area contributed by atoms with Gasteiger partial charge in [0.1, 0.15) is 5.82 Å². The summed E-state index contributed by atoms with van der Waals surface area (Å²) < 4.78 is 25.9. The monoisotopic (exact) mass is 427 g/mol. The van der Waals surface area contributed by atoms with E-state index < -0.39 is 10.0 Å². The van der Waals surface area contributed by atoms with Gasteiger partial charge >= 0.3 is 6.03 Å². The molecule has 30 heavy (non-hydrogen) atoms. The van der Waals surface area contributed by atoms with Crippen LogP contribution >= 0.6 is 0 Å². The van der Waals surface area contributed by atoms with Crippen LogP contribution in [-0.2, 0) is 16.6 Å². The number of aryl methyl sites for hydroxylation is 1. The summed E-state index contributed by atoms with van der Waals surface area (Å²) in [5, 5.41) is 10.7. The molecule has 8 nitrogen and oxygen atoms in total. The van der Waals surface area contributed by atoms with Crippen LogP contribution in [0, 0.1) is 6.92 Å². The summed E-state index contributed by atoms with van der Waals surface area (Å²) in [5.41, 5.74) is 2.93. The number of carbonyl (C=O) groups excluding carboxylic acids is 1. The number of nitrogens with zero attached hydrogens (tertiary/aromatic N) is 1. The molecule has 0 atom stereocenters. The Labute approximate surface area is 176 Å². The first kappa shape index (κ1) is 21.5. The number of rotatable bonds is 7. The maximum Gasteiger partial charge on any atom is 0.320 e. The maximum atomic E-state index is 11.8. The number of amides is 2. The second kappa shape index (κ2) is 9.10. The van der Waals surface area contributed by atoms with Crippen molar-refractivity contribution in [1.82, 2.24) is 15.0 Å². The first-order valence-electron chi connectivity index (χ1n) is 9.54. The Bertz CT molecular complexity index is 1160. The number of urea groups is 1. The van der Waals surface area contributed by atoms with Gasteiger partial charge in [0.2, 0.25) is 10.0 Å². The molecule has 0 saturated carbocycles. The standard InChI is InChI=1S/C21H25N5O3S/c1-4-23-21(27)26-20-11-16-10-17(9-14(2)19(16)13-25-20)24-12-15-5-7-18(8-6-15)30(28,29)22-3/h5-11,13,22,24H,4,12H2,1-3H3,(H2,23,25,26,27). The molecule has 4 N–H and O–H groups in total. The molecule has 0 fully saturated rings. The van der Waals surface area contributed by atoms with Crippen molar-refractivity contribution in [3.8, 4) is 0 Å². The van der Waals surface area contributed by atoms with Gasteiger partial charge in [-0.1, -0.05) is 12.1 Å². The highest BCUT2D eigenvalue weighted by Gasteiger charge is 2.10. The number of pyridine rings is 1. The molecule has 0 unspecified atom stereocenters. The minimum atomic E-state index is -3.44. The summed E-state index contributed by atoms with van der Waals surface area (Å²) in [6.07, 6.45) is 1.75.